The van der Waals surface area contributed by atoms with Gasteiger partial charge >= 0.3 is 6.61 Å². The maximum Gasteiger partial charge on any atom is 0.387 e. The van der Waals surface area contributed by atoms with Gasteiger partial charge in [0.05, 0.1) is 6.54 Å². The maximum absolute atomic E-state index is 12.2. The number of nitrogens with zero attached hydrogens (tertiary/aromatic N) is 3. The normalized spacial score (nSPS) is 12.7. The zero-order valence-corrected chi connectivity index (χ0v) is 11.3. The Labute approximate surface area is 115 Å². The van der Waals surface area contributed by atoms with E-state index in [9.17, 15) is 8.78 Å². The molecule has 2 aromatic rings. The predicted molar refractivity (Wildman–Crippen MR) is 69.3 cm³/mol. The summed E-state index contributed by atoms with van der Waals surface area (Å²) < 4.78 is 30.3. The largest absolute Gasteiger partial charge is 0.435 e. The van der Waals surface area contributed by atoms with E-state index in [1.54, 1.807) is 30.2 Å². The molecule has 0 fully saturated rings. The summed E-state index contributed by atoms with van der Waals surface area (Å²) in [7, 11) is 1.80. The third-order valence-corrected chi connectivity index (χ3v) is 2.80. The number of aromatic nitrogens is 3. The SMILES string of the molecule is CC(NCc1ncn(C)n1)c1cccc(OC(F)F)c1. The summed E-state index contributed by atoms with van der Waals surface area (Å²) in [6.07, 6.45) is 1.62. The van der Waals surface area contributed by atoms with Crippen LogP contribution in [0.2, 0.25) is 0 Å². The molecule has 20 heavy (non-hydrogen) atoms. The van der Waals surface area contributed by atoms with Crippen molar-refractivity contribution in [3.63, 3.8) is 0 Å². The Morgan fingerprint density at radius 1 is 1.40 bits per heavy atom. The van der Waals surface area contributed by atoms with Crippen molar-refractivity contribution in [2.24, 2.45) is 7.05 Å². The number of aryl methyl sites for hydroxylation is 1. The molecule has 1 unspecified atom stereocenters. The second kappa shape index (κ2) is 6.42. The van der Waals surface area contributed by atoms with Crippen LogP contribution in [0, 0.1) is 0 Å². The smallest absolute Gasteiger partial charge is 0.387 e. The summed E-state index contributed by atoms with van der Waals surface area (Å²) in [6, 6.07) is 6.60. The third kappa shape index (κ3) is 3.99. The van der Waals surface area contributed by atoms with Crippen molar-refractivity contribution >= 4 is 0 Å². The quantitative estimate of drug-likeness (QED) is 0.883. The van der Waals surface area contributed by atoms with Crippen LogP contribution in [0.5, 0.6) is 5.75 Å². The molecular weight excluding hydrogens is 266 g/mol. The zero-order valence-electron chi connectivity index (χ0n) is 11.3. The molecular formula is C13H16F2N4O. The van der Waals surface area contributed by atoms with Crippen molar-refractivity contribution in [1.29, 1.82) is 0 Å². The van der Waals surface area contributed by atoms with E-state index >= 15 is 0 Å². The van der Waals surface area contributed by atoms with Crippen molar-refractivity contribution in [2.75, 3.05) is 0 Å². The van der Waals surface area contributed by atoms with Gasteiger partial charge in [0.2, 0.25) is 0 Å². The minimum atomic E-state index is -2.81. The lowest BCUT2D eigenvalue weighted by Crippen LogP contribution is -2.19. The highest BCUT2D eigenvalue weighted by molar-refractivity contribution is 5.30. The van der Waals surface area contributed by atoms with Gasteiger partial charge in [-0.15, -0.1) is 0 Å². The molecule has 7 heteroatoms. The molecule has 1 N–H and O–H groups in total. The molecule has 0 radical (unpaired) electrons. The van der Waals surface area contributed by atoms with Crippen molar-refractivity contribution in [3.05, 3.63) is 42.0 Å². The standard InChI is InChI=1S/C13H16F2N4O/c1-9(16-7-12-17-8-19(2)18-12)10-4-3-5-11(6-10)20-13(14)15/h3-6,8-9,13,16H,7H2,1-2H3. The van der Waals surface area contributed by atoms with Crippen LogP contribution in [0.4, 0.5) is 8.78 Å². The Hall–Kier alpha value is -2.02. The highest BCUT2D eigenvalue weighted by Gasteiger charge is 2.09. The number of rotatable bonds is 6. The molecule has 0 saturated carbocycles. The van der Waals surface area contributed by atoms with Crippen molar-refractivity contribution < 1.29 is 13.5 Å². The van der Waals surface area contributed by atoms with Crippen LogP contribution in [0.1, 0.15) is 24.4 Å². The summed E-state index contributed by atoms with van der Waals surface area (Å²) in [5.41, 5.74) is 0.860. The van der Waals surface area contributed by atoms with E-state index in [0.717, 1.165) is 5.56 Å². The molecule has 0 spiro atoms. The van der Waals surface area contributed by atoms with Crippen LogP contribution in [-0.2, 0) is 13.6 Å². The minimum Gasteiger partial charge on any atom is -0.435 e. The molecule has 1 heterocycles. The van der Waals surface area contributed by atoms with E-state index < -0.39 is 6.61 Å². The summed E-state index contributed by atoms with van der Waals surface area (Å²) in [5.74, 6) is 0.835. The molecule has 1 aromatic carbocycles. The molecule has 0 aliphatic carbocycles. The lowest BCUT2D eigenvalue weighted by Gasteiger charge is -2.14. The first-order valence-corrected chi connectivity index (χ1v) is 6.17. The summed E-state index contributed by atoms with van der Waals surface area (Å²) in [6.45, 7) is -0.377. The van der Waals surface area contributed by atoms with Crippen LogP contribution in [0.25, 0.3) is 0 Å². The molecule has 5 nitrogen and oxygen atoms in total. The van der Waals surface area contributed by atoms with Gasteiger partial charge in [0.15, 0.2) is 5.82 Å². The average molecular weight is 282 g/mol. The molecule has 0 aliphatic heterocycles. The fourth-order valence-corrected chi connectivity index (χ4v) is 1.79. The number of ether oxygens (including phenoxy) is 1. The van der Waals surface area contributed by atoms with Crippen LogP contribution in [-0.4, -0.2) is 21.4 Å². The molecule has 0 aliphatic rings. The monoisotopic (exact) mass is 282 g/mol. The highest BCUT2D eigenvalue weighted by atomic mass is 19.3. The summed E-state index contributed by atoms with van der Waals surface area (Å²) in [4.78, 5) is 4.10. The van der Waals surface area contributed by atoms with Crippen LogP contribution in [0.3, 0.4) is 0 Å². The number of alkyl halides is 2. The van der Waals surface area contributed by atoms with Gasteiger partial charge in [0, 0.05) is 13.1 Å². The second-order valence-electron chi connectivity index (χ2n) is 4.39. The molecule has 0 bridgehead atoms. The first-order chi connectivity index (χ1) is 9.54. The molecule has 0 amide bonds. The molecule has 108 valence electrons. The van der Waals surface area contributed by atoms with Crippen LogP contribution in [0.15, 0.2) is 30.6 Å². The molecule has 2 rings (SSSR count). The van der Waals surface area contributed by atoms with E-state index in [1.165, 1.54) is 6.07 Å². The van der Waals surface area contributed by atoms with Gasteiger partial charge in [-0.05, 0) is 24.6 Å². The second-order valence-corrected chi connectivity index (χ2v) is 4.39. The van der Waals surface area contributed by atoms with E-state index in [4.69, 9.17) is 0 Å². The van der Waals surface area contributed by atoms with Gasteiger partial charge in [-0.2, -0.15) is 13.9 Å². The van der Waals surface area contributed by atoms with Crippen molar-refractivity contribution in [2.45, 2.75) is 26.1 Å². The average Bonchev–Trinajstić information content (AvgIpc) is 2.81. The Morgan fingerprint density at radius 3 is 2.85 bits per heavy atom. The Morgan fingerprint density at radius 2 is 2.20 bits per heavy atom. The number of nitrogens with one attached hydrogen (secondary N) is 1. The number of hydrogen-bond donors (Lipinski definition) is 1. The van der Waals surface area contributed by atoms with Gasteiger partial charge in [-0.3, -0.25) is 4.68 Å². The molecule has 0 saturated heterocycles. The van der Waals surface area contributed by atoms with Gasteiger partial charge in [0.1, 0.15) is 12.1 Å². The first kappa shape index (κ1) is 14.4. The highest BCUT2D eigenvalue weighted by Crippen LogP contribution is 2.20. The molecule has 1 atom stereocenters. The topological polar surface area (TPSA) is 52.0 Å². The summed E-state index contributed by atoms with van der Waals surface area (Å²) >= 11 is 0. The fraction of sp³-hybridized carbons (Fsp3) is 0.385. The first-order valence-electron chi connectivity index (χ1n) is 6.17. The van der Waals surface area contributed by atoms with Gasteiger partial charge in [-0.1, -0.05) is 12.1 Å². The fourth-order valence-electron chi connectivity index (χ4n) is 1.79. The zero-order chi connectivity index (χ0) is 14.5. The van der Waals surface area contributed by atoms with Gasteiger partial charge in [-0.25, -0.2) is 4.98 Å². The predicted octanol–water partition coefficient (Wildman–Crippen LogP) is 2.27. The Bertz CT molecular complexity index is 559. The van der Waals surface area contributed by atoms with E-state index in [0.29, 0.717) is 12.4 Å². The Kier molecular flexibility index (Phi) is 4.62. The van der Waals surface area contributed by atoms with Crippen molar-refractivity contribution in [3.8, 4) is 5.75 Å². The maximum atomic E-state index is 12.2. The lowest BCUT2D eigenvalue weighted by molar-refractivity contribution is -0.0499. The summed E-state index contributed by atoms with van der Waals surface area (Å²) in [5, 5.41) is 7.38. The number of halogens is 2. The number of benzene rings is 1. The van der Waals surface area contributed by atoms with Crippen molar-refractivity contribution in [1.82, 2.24) is 20.1 Å². The third-order valence-electron chi connectivity index (χ3n) is 2.80. The lowest BCUT2D eigenvalue weighted by atomic mass is 10.1. The van der Waals surface area contributed by atoms with E-state index in [1.807, 2.05) is 13.0 Å². The van der Waals surface area contributed by atoms with Gasteiger partial charge < -0.3 is 10.1 Å². The van der Waals surface area contributed by atoms with Gasteiger partial charge in [0.25, 0.3) is 0 Å². The van der Waals surface area contributed by atoms with Crippen LogP contribution >= 0.6 is 0 Å². The minimum absolute atomic E-state index is 0.0278. The van der Waals surface area contributed by atoms with E-state index in [2.05, 4.69) is 20.1 Å². The Balaban J connectivity index is 1.96. The van der Waals surface area contributed by atoms with Crippen LogP contribution < -0.4 is 10.1 Å². The molecule has 1 aromatic heterocycles. The number of hydrogen-bond acceptors (Lipinski definition) is 4. The van der Waals surface area contributed by atoms with E-state index in [-0.39, 0.29) is 11.8 Å².